The molecular weight excluding hydrogens is 781 g/mol. The molecule has 0 aromatic heterocycles. The molecule has 5 unspecified atom stereocenters. The first kappa shape index (κ1) is 39.6. The smallest absolute Gasteiger partial charge is 0.148 e. The molecule has 0 saturated heterocycles. The third-order valence-corrected chi connectivity index (χ3v) is 15.3. The Balaban J connectivity index is 1.14. The Morgan fingerprint density at radius 1 is 0.625 bits per heavy atom. The van der Waals surface area contributed by atoms with Crippen LogP contribution in [-0.4, -0.2) is 12.2 Å². The van der Waals surface area contributed by atoms with E-state index in [0.717, 1.165) is 48.6 Å². The molecule has 6 atom stereocenters. The van der Waals surface area contributed by atoms with Gasteiger partial charge in [0.25, 0.3) is 0 Å². The second-order valence-electron chi connectivity index (χ2n) is 20.2. The van der Waals surface area contributed by atoms with Crippen LogP contribution in [-0.2, 0) is 4.74 Å². The minimum atomic E-state index is 0.0140. The van der Waals surface area contributed by atoms with E-state index >= 15 is 0 Å². The van der Waals surface area contributed by atoms with Gasteiger partial charge in [0.05, 0.1) is 22.8 Å². The van der Waals surface area contributed by atoms with E-state index in [-0.39, 0.29) is 18.1 Å². The van der Waals surface area contributed by atoms with Crippen LogP contribution in [0.1, 0.15) is 115 Å². The number of benzene rings is 6. The van der Waals surface area contributed by atoms with Crippen molar-refractivity contribution in [3.8, 4) is 5.75 Å². The molecule has 2 aliphatic heterocycles. The highest BCUT2D eigenvalue weighted by Crippen LogP contribution is 2.55. The van der Waals surface area contributed by atoms with E-state index in [4.69, 9.17) is 9.47 Å². The third-order valence-electron chi connectivity index (χ3n) is 15.3. The molecule has 4 heteroatoms. The van der Waals surface area contributed by atoms with Crippen LogP contribution in [0.15, 0.2) is 156 Å². The summed E-state index contributed by atoms with van der Waals surface area (Å²) in [5.74, 6) is 4.44. The van der Waals surface area contributed by atoms with E-state index in [1.54, 1.807) is 0 Å². The molecule has 4 aliphatic carbocycles. The number of para-hydroxylation sites is 2. The highest BCUT2D eigenvalue weighted by molar-refractivity contribution is 6.29. The summed E-state index contributed by atoms with van der Waals surface area (Å²) in [4.78, 5) is 5.17. The summed E-state index contributed by atoms with van der Waals surface area (Å²) < 4.78 is 14.0. The van der Waals surface area contributed by atoms with Crippen molar-refractivity contribution < 1.29 is 9.47 Å². The fourth-order valence-electron chi connectivity index (χ4n) is 12.3. The minimum absolute atomic E-state index is 0.0140. The fraction of sp³-hybridized carbons (Fsp3) is 0.333. The van der Waals surface area contributed by atoms with Crippen molar-refractivity contribution >= 4 is 55.1 Å². The Kier molecular flexibility index (Phi) is 9.48. The molecule has 6 aliphatic rings. The largest absolute Gasteiger partial charge is 0.484 e. The summed E-state index contributed by atoms with van der Waals surface area (Å²) in [5, 5.41) is 7.96. The van der Waals surface area contributed by atoms with Gasteiger partial charge in [-0.15, -0.1) is 0 Å². The first-order chi connectivity index (χ1) is 31.2. The van der Waals surface area contributed by atoms with Gasteiger partial charge in [-0.1, -0.05) is 133 Å². The average Bonchev–Trinajstić information content (AvgIpc) is 3.88. The Bertz CT molecular complexity index is 3030. The molecule has 6 aromatic carbocycles. The van der Waals surface area contributed by atoms with E-state index in [0.29, 0.717) is 29.6 Å². The molecule has 0 fully saturated rings. The fourth-order valence-corrected chi connectivity index (χ4v) is 12.3. The van der Waals surface area contributed by atoms with Crippen molar-refractivity contribution in [3.05, 3.63) is 173 Å². The van der Waals surface area contributed by atoms with E-state index in [2.05, 4.69) is 185 Å². The Hall–Kier alpha value is -6.00. The predicted molar refractivity (Wildman–Crippen MR) is 268 cm³/mol. The lowest BCUT2D eigenvalue weighted by atomic mass is 9.79. The zero-order chi connectivity index (χ0) is 43.4. The van der Waals surface area contributed by atoms with Crippen LogP contribution in [0.5, 0.6) is 5.75 Å². The monoisotopic (exact) mass is 840 g/mol. The van der Waals surface area contributed by atoms with Gasteiger partial charge in [0.15, 0.2) is 0 Å². The van der Waals surface area contributed by atoms with Gasteiger partial charge in [-0.3, -0.25) is 0 Å². The summed E-state index contributed by atoms with van der Waals surface area (Å²) in [6, 6.07) is 32.7. The second kappa shape index (κ2) is 15.3. The molecule has 4 nitrogen and oxygen atoms in total. The van der Waals surface area contributed by atoms with Crippen molar-refractivity contribution in [2.24, 2.45) is 17.8 Å². The average molecular weight is 841 g/mol. The molecule has 0 bridgehead atoms. The van der Waals surface area contributed by atoms with Gasteiger partial charge in [-0.2, -0.15) is 0 Å². The van der Waals surface area contributed by atoms with Crippen LogP contribution in [0, 0.1) is 17.8 Å². The summed E-state index contributed by atoms with van der Waals surface area (Å²) >= 11 is 0. The number of allylic oxidation sites excluding steroid dienone is 6. The van der Waals surface area contributed by atoms with Crippen molar-refractivity contribution in [1.82, 2.24) is 0 Å². The van der Waals surface area contributed by atoms with Crippen LogP contribution in [0.4, 0.5) is 22.7 Å². The van der Waals surface area contributed by atoms with Gasteiger partial charge in [0, 0.05) is 39.6 Å². The van der Waals surface area contributed by atoms with Crippen molar-refractivity contribution in [2.45, 2.75) is 110 Å². The maximum Gasteiger partial charge on any atom is 0.148 e. The molecule has 6 aromatic rings. The number of ether oxygens (including phenoxy) is 2. The van der Waals surface area contributed by atoms with Gasteiger partial charge >= 0.3 is 0 Å². The van der Waals surface area contributed by atoms with Gasteiger partial charge in [-0.25, -0.2) is 0 Å². The van der Waals surface area contributed by atoms with Crippen LogP contribution < -0.4 is 14.5 Å². The Labute approximate surface area is 379 Å². The zero-order valence-corrected chi connectivity index (χ0v) is 38.3. The second-order valence-corrected chi connectivity index (χ2v) is 20.2. The first-order valence-electron chi connectivity index (χ1n) is 24.3. The zero-order valence-electron chi connectivity index (χ0n) is 38.3. The first-order valence-corrected chi connectivity index (χ1v) is 24.3. The maximum absolute atomic E-state index is 7.07. The lowest BCUT2D eigenvalue weighted by Gasteiger charge is -2.35. The topological polar surface area (TPSA) is 24.9 Å². The van der Waals surface area contributed by atoms with Crippen LogP contribution in [0.2, 0.25) is 0 Å². The summed E-state index contributed by atoms with van der Waals surface area (Å²) in [5.41, 5.74) is 12.8. The van der Waals surface area contributed by atoms with Crippen molar-refractivity contribution in [1.29, 1.82) is 0 Å². The highest BCUT2D eigenvalue weighted by Gasteiger charge is 2.42. The van der Waals surface area contributed by atoms with Crippen LogP contribution >= 0.6 is 0 Å². The minimum Gasteiger partial charge on any atom is -0.484 e. The van der Waals surface area contributed by atoms with E-state index in [9.17, 15) is 0 Å². The number of hydrogen-bond donors (Lipinski definition) is 0. The van der Waals surface area contributed by atoms with Crippen molar-refractivity contribution in [2.75, 3.05) is 9.80 Å². The lowest BCUT2D eigenvalue weighted by molar-refractivity contribution is 0.143. The number of nitrogens with zero attached hydrogens (tertiary/aromatic N) is 2. The van der Waals surface area contributed by atoms with Crippen LogP contribution in [0.3, 0.4) is 0 Å². The van der Waals surface area contributed by atoms with Gasteiger partial charge in [0.2, 0.25) is 0 Å². The molecule has 64 heavy (non-hydrogen) atoms. The molecule has 0 spiro atoms. The van der Waals surface area contributed by atoms with Gasteiger partial charge < -0.3 is 19.3 Å². The molecule has 0 saturated carbocycles. The molecular formula is C60H60N2O2. The predicted octanol–water partition coefficient (Wildman–Crippen LogP) is 16.3. The molecule has 0 radical (unpaired) electrons. The molecule has 0 N–H and O–H groups in total. The standard InChI is InChI=1S/C60H60N2O2/c1-35(2)48-33-53(61(39-16-8-7-9-17-39)51-22-14-21-45-50-32-38(6)25-30-56(50)64-60(45)51)46-28-26-43-49(36(3)4)34-54(47-29-27-42(48)57(46)58(43)47)62(40-18-12-15-37(5)31-40)52-23-13-20-44-41-19-10-11-24-55(41)63-59(44)52/h7-11,13,16-17,19-20,22-31,33-38,41,50,55-56H,12,14-15,18,21,32H2,1-6H3/t37-,38?,41?,50?,55?,56?/m1/s1. The van der Waals surface area contributed by atoms with Gasteiger partial charge in [-0.05, 0) is 143 Å². The number of hydrogen-bond acceptors (Lipinski definition) is 4. The number of rotatable bonds is 8. The summed E-state index contributed by atoms with van der Waals surface area (Å²) in [7, 11) is 0. The van der Waals surface area contributed by atoms with E-state index in [1.807, 2.05) is 0 Å². The van der Waals surface area contributed by atoms with E-state index in [1.165, 1.54) is 90.2 Å². The number of fused-ring (bicyclic) bond motifs is 5. The molecule has 322 valence electrons. The Morgan fingerprint density at radius 2 is 1.33 bits per heavy atom. The normalized spacial score (nSPS) is 24.5. The molecule has 12 rings (SSSR count). The summed E-state index contributed by atoms with van der Waals surface area (Å²) in [6.07, 6.45) is 25.3. The third kappa shape index (κ3) is 6.15. The SMILES string of the molecule is CC1C=CC2OC3=C(CCC=C3N(c3ccccc3)c3cc(C(C)C)c4ccc5c(N(C6=C[C@H](C)CCC6)c6cccc7c6OC6C=CC=CC76)cc(C(C)C)c6ccc3c4c65)C2C1. The lowest BCUT2D eigenvalue weighted by Crippen LogP contribution is -2.22. The quantitative estimate of drug-likeness (QED) is 0.113. The molecule has 0 amide bonds. The summed E-state index contributed by atoms with van der Waals surface area (Å²) in [6.45, 7) is 14.2. The van der Waals surface area contributed by atoms with E-state index < -0.39 is 0 Å². The Morgan fingerprint density at radius 3 is 2.05 bits per heavy atom. The highest BCUT2D eigenvalue weighted by atomic mass is 16.5. The van der Waals surface area contributed by atoms with Crippen molar-refractivity contribution in [3.63, 3.8) is 0 Å². The van der Waals surface area contributed by atoms with Gasteiger partial charge in [0.1, 0.15) is 23.7 Å². The molecule has 2 heterocycles. The number of anilines is 4. The maximum atomic E-state index is 7.07. The van der Waals surface area contributed by atoms with Crippen LogP contribution in [0.25, 0.3) is 32.3 Å².